The Kier molecular flexibility index (Phi) is 4.05. The van der Waals surface area contributed by atoms with Crippen LogP contribution in [0.15, 0.2) is 30.5 Å². The quantitative estimate of drug-likeness (QED) is 0.755. The number of halogens is 3. The zero-order valence-corrected chi connectivity index (χ0v) is 11.9. The van der Waals surface area contributed by atoms with Crippen molar-refractivity contribution in [1.82, 2.24) is 10.3 Å². The van der Waals surface area contributed by atoms with Crippen molar-refractivity contribution in [3.63, 3.8) is 0 Å². The number of pyridine rings is 1. The fourth-order valence-corrected chi connectivity index (χ4v) is 1.89. The Balaban J connectivity index is 1.65. The molecule has 120 valence electrons. The van der Waals surface area contributed by atoms with E-state index in [9.17, 15) is 18.0 Å². The number of anilines is 3. The molecule has 2 aromatic rings. The van der Waals surface area contributed by atoms with Crippen molar-refractivity contribution >= 4 is 23.2 Å². The van der Waals surface area contributed by atoms with Gasteiger partial charge in [-0.2, -0.15) is 0 Å². The van der Waals surface area contributed by atoms with Gasteiger partial charge in [0.25, 0.3) is 0 Å². The van der Waals surface area contributed by atoms with Crippen LogP contribution >= 0.6 is 0 Å². The summed E-state index contributed by atoms with van der Waals surface area (Å²) >= 11 is 0. The van der Waals surface area contributed by atoms with Crippen molar-refractivity contribution in [2.24, 2.45) is 0 Å². The summed E-state index contributed by atoms with van der Waals surface area (Å²) in [5.74, 6) is -3.79. The molecule has 1 fully saturated rings. The highest BCUT2D eigenvalue weighted by Crippen LogP contribution is 2.23. The van der Waals surface area contributed by atoms with E-state index in [0.29, 0.717) is 11.5 Å². The number of benzene rings is 1. The molecule has 23 heavy (non-hydrogen) atoms. The van der Waals surface area contributed by atoms with E-state index in [2.05, 4.69) is 20.9 Å². The molecule has 0 atom stereocenters. The molecule has 1 aromatic heterocycles. The summed E-state index contributed by atoms with van der Waals surface area (Å²) in [6.07, 6.45) is 3.29. The fraction of sp³-hybridized carbons (Fsp3) is 0.200. The average Bonchev–Trinajstić information content (AvgIpc) is 3.33. The Labute approximate surface area is 129 Å². The van der Waals surface area contributed by atoms with E-state index in [1.807, 2.05) is 0 Å². The van der Waals surface area contributed by atoms with Crippen LogP contribution in [-0.4, -0.2) is 17.1 Å². The van der Waals surface area contributed by atoms with Crippen LogP contribution in [0.1, 0.15) is 12.8 Å². The molecular weight excluding hydrogens is 309 g/mol. The molecule has 0 saturated heterocycles. The number of nitrogens with zero attached hydrogens (tertiary/aromatic N) is 1. The van der Waals surface area contributed by atoms with Crippen molar-refractivity contribution in [2.45, 2.75) is 18.9 Å². The van der Waals surface area contributed by atoms with E-state index in [-0.39, 0.29) is 17.8 Å². The number of carbonyl (C=O) groups excluding carboxylic acids is 1. The van der Waals surface area contributed by atoms with Gasteiger partial charge in [-0.3, -0.25) is 5.32 Å². The number of urea groups is 1. The second-order valence-corrected chi connectivity index (χ2v) is 5.15. The zero-order valence-electron chi connectivity index (χ0n) is 11.9. The maximum atomic E-state index is 13.6. The van der Waals surface area contributed by atoms with Crippen LogP contribution in [0.2, 0.25) is 0 Å². The SMILES string of the molecule is O=C(Nc1ccc(Nc2ccc(F)c(F)c2F)cn1)NC1CC1. The molecule has 1 heterocycles. The van der Waals surface area contributed by atoms with Crippen LogP contribution < -0.4 is 16.0 Å². The zero-order chi connectivity index (χ0) is 16.4. The lowest BCUT2D eigenvalue weighted by atomic mass is 10.2. The Morgan fingerprint density at radius 3 is 2.52 bits per heavy atom. The number of hydrogen-bond donors (Lipinski definition) is 3. The summed E-state index contributed by atoms with van der Waals surface area (Å²) in [6.45, 7) is 0. The number of hydrogen-bond acceptors (Lipinski definition) is 3. The molecule has 2 amide bonds. The predicted octanol–water partition coefficient (Wildman–Crippen LogP) is 3.53. The van der Waals surface area contributed by atoms with Gasteiger partial charge in [0.1, 0.15) is 5.82 Å². The summed E-state index contributed by atoms with van der Waals surface area (Å²) in [7, 11) is 0. The minimum Gasteiger partial charge on any atom is -0.352 e. The lowest BCUT2D eigenvalue weighted by Crippen LogP contribution is -2.30. The molecule has 5 nitrogen and oxygen atoms in total. The van der Waals surface area contributed by atoms with E-state index in [1.54, 1.807) is 0 Å². The molecule has 0 spiro atoms. The number of rotatable bonds is 4. The lowest BCUT2D eigenvalue weighted by molar-refractivity contribution is 0.251. The monoisotopic (exact) mass is 322 g/mol. The van der Waals surface area contributed by atoms with Crippen LogP contribution in [-0.2, 0) is 0 Å². The first-order valence-electron chi connectivity index (χ1n) is 6.97. The molecule has 8 heteroatoms. The third-order valence-electron chi connectivity index (χ3n) is 3.23. The Morgan fingerprint density at radius 2 is 1.87 bits per heavy atom. The van der Waals surface area contributed by atoms with E-state index in [1.165, 1.54) is 18.3 Å². The Hall–Kier alpha value is -2.77. The molecule has 1 aliphatic carbocycles. The normalized spacial score (nSPS) is 13.5. The maximum absolute atomic E-state index is 13.6. The van der Waals surface area contributed by atoms with E-state index >= 15 is 0 Å². The second-order valence-electron chi connectivity index (χ2n) is 5.15. The van der Waals surface area contributed by atoms with Gasteiger partial charge < -0.3 is 10.6 Å². The van der Waals surface area contributed by atoms with Gasteiger partial charge in [0.2, 0.25) is 0 Å². The van der Waals surface area contributed by atoms with Gasteiger partial charge >= 0.3 is 6.03 Å². The van der Waals surface area contributed by atoms with E-state index in [0.717, 1.165) is 25.0 Å². The third kappa shape index (κ3) is 3.71. The molecule has 0 aliphatic heterocycles. The Bertz CT molecular complexity index is 732. The van der Waals surface area contributed by atoms with Gasteiger partial charge in [0, 0.05) is 6.04 Å². The molecule has 1 aliphatic rings. The fourth-order valence-electron chi connectivity index (χ4n) is 1.89. The average molecular weight is 322 g/mol. The van der Waals surface area contributed by atoms with Gasteiger partial charge in [-0.25, -0.2) is 22.9 Å². The van der Waals surface area contributed by atoms with Crippen LogP contribution in [0.25, 0.3) is 0 Å². The summed E-state index contributed by atoms with van der Waals surface area (Å²) in [4.78, 5) is 15.5. The molecular formula is C15H13F3N4O. The molecule has 1 aromatic carbocycles. The highest BCUT2D eigenvalue weighted by atomic mass is 19.2. The molecule has 1 saturated carbocycles. The highest BCUT2D eigenvalue weighted by molar-refractivity contribution is 5.88. The smallest absolute Gasteiger partial charge is 0.320 e. The lowest BCUT2D eigenvalue weighted by Gasteiger charge is -2.09. The standard InChI is InChI=1S/C15H13F3N4O/c16-10-4-5-11(14(18)13(10)17)20-9-3-6-12(19-7-9)22-15(23)21-8-1-2-8/h3-8,20H,1-2H2,(H2,19,21,22,23). The highest BCUT2D eigenvalue weighted by Gasteiger charge is 2.23. The maximum Gasteiger partial charge on any atom is 0.320 e. The first-order valence-corrected chi connectivity index (χ1v) is 6.97. The minimum absolute atomic E-state index is 0.210. The minimum atomic E-state index is -1.54. The number of aromatic nitrogens is 1. The van der Waals surface area contributed by atoms with Gasteiger partial charge in [-0.1, -0.05) is 0 Å². The first kappa shape index (κ1) is 15.1. The molecule has 0 radical (unpaired) electrons. The predicted molar refractivity (Wildman–Crippen MR) is 79.0 cm³/mol. The van der Waals surface area contributed by atoms with Crippen molar-refractivity contribution in [3.8, 4) is 0 Å². The van der Waals surface area contributed by atoms with E-state index in [4.69, 9.17) is 0 Å². The van der Waals surface area contributed by atoms with Crippen LogP contribution in [0, 0.1) is 17.5 Å². The first-order chi connectivity index (χ1) is 11.0. The van der Waals surface area contributed by atoms with Crippen molar-refractivity contribution in [3.05, 3.63) is 47.9 Å². The summed E-state index contributed by atoms with van der Waals surface area (Å²) in [6, 6.07) is 4.84. The van der Waals surface area contributed by atoms with Crippen molar-refractivity contribution < 1.29 is 18.0 Å². The molecule has 3 rings (SSSR count). The summed E-state index contributed by atoms with van der Waals surface area (Å²) in [5.41, 5.74) is 0.154. The van der Waals surface area contributed by atoms with E-state index < -0.39 is 17.5 Å². The van der Waals surface area contributed by atoms with Gasteiger partial charge in [0.15, 0.2) is 17.5 Å². The number of amides is 2. The van der Waals surface area contributed by atoms with Crippen LogP contribution in [0.3, 0.4) is 0 Å². The summed E-state index contributed by atoms with van der Waals surface area (Å²) < 4.78 is 39.6. The van der Waals surface area contributed by atoms with Crippen LogP contribution in [0.4, 0.5) is 35.2 Å². The number of nitrogens with one attached hydrogen (secondary N) is 3. The largest absolute Gasteiger partial charge is 0.352 e. The second kappa shape index (κ2) is 6.15. The van der Waals surface area contributed by atoms with Gasteiger partial charge in [-0.05, 0) is 37.1 Å². The van der Waals surface area contributed by atoms with Crippen LogP contribution in [0.5, 0.6) is 0 Å². The van der Waals surface area contributed by atoms with Gasteiger partial charge in [0.05, 0.1) is 17.6 Å². The van der Waals surface area contributed by atoms with Crippen molar-refractivity contribution in [1.29, 1.82) is 0 Å². The van der Waals surface area contributed by atoms with Gasteiger partial charge in [-0.15, -0.1) is 0 Å². The topological polar surface area (TPSA) is 66.0 Å². The molecule has 3 N–H and O–H groups in total. The summed E-state index contributed by atoms with van der Waals surface area (Å²) in [5, 5.41) is 7.89. The Morgan fingerprint density at radius 1 is 1.09 bits per heavy atom. The number of carbonyl (C=O) groups is 1. The molecule has 0 unspecified atom stereocenters. The van der Waals surface area contributed by atoms with Crippen molar-refractivity contribution in [2.75, 3.05) is 10.6 Å². The third-order valence-corrected chi connectivity index (χ3v) is 3.23. The molecule has 0 bridgehead atoms.